The molecule has 1 unspecified atom stereocenters. The summed E-state index contributed by atoms with van der Waals surface area (Å²) in [4.78, 5) is 29.0. The molecular formula is C30H35Cl2N3O4S. The van der Waals surface area contributed by atoms with Crippen LogP contribution in [-0.2, 0) is 32.6 Å². The van der Waals surface area contributed by atoms with Gasteiger partial charge in [0.2, 0.25) is 21.8 Å². The summed E-state index contributed by atoms with van der Waals surface area (Å²) in [6, 6.07) is 20.5. The van der Waals surface area contributed by atoms with Crippen LogP contribution in [0.1, 0.15) is 43.4 Å². The number of sulfonamides is 1. The van der Waals surface area contributed by atoms with Crippen molar-refractivity contribution >= 4 is 50.7 Å². The van der Waals surface area contributed by atoms with E-state index in [2.05, 4.69) is 5.32 Å². The van der Waals surface area contributed by atoms with Crippen molar-refractivity contribution in [3.8, 4) is 0 Å². The van der Waals surface area contributed by atoms with Gasteiger partial charge < -0.3 is 10.2 Å². The lowest BCUT2D eigenvalue weighted by molar-refractivity contribution is -0.140. The lowest BCUT2D eigenvalue weighted by atomic mass is 10.0. The van der Waals surface area contributed by atoms with E-state index in [0.29, 0.717) is 27.8 Å². The predicted octanol–water partition coefficient (Wildman–Crippen LogP) is 5.66. The molecule has 0 radical (unpaired) electrons. The van der Waals surface area contributed by atoms with E-state index in [0.717, 1.165) is 21.7 Å². The van der Waals surface area contributed by atoms with E-state index in [1.807, 2.05) is 56.3 Å². The van der Waals surface area contributed by atoms with Gasteiger partial charge in [-0.1, -0.05) is 91.6 Å². The van der Waals surface area contributed by atoms with Gasteiger partial charge in [-0.3, -0.25) is 13.9 Å². The number of nitrogens with zero attached hydrogens (tertiary/aromatic N) is 2. The zero-order chi connectivity index (χ0) is 29.4. The molecule has 0 fully saturated rings. The van der Waals surface area contributed by atoms with Gasteiger partial charge in [0.15, 0.2) is 0 Å². The number of likely N-dealkylation sites (N-methyl/N-ethyl adjacent to an activating group) is 1. The highest BCUT2D eigenvalue weighted by Crippen LogP contribution is 2.31. The molecule has 7 nitrogen and oxygen atoms in total. The molecule has 40 heavy (non-hydrogen) atoms. The van der Waals surface area contributed by atoms with Crippen molar-refractivity contribution in [2.24, 2.45) is 0 Å². The largest absolute Gasteiger partial charge is 0.355 e. The number of rotatable bonds is 12. The fourth-order valence-electron chi connectivity index (χ4n) is 4.50. The monoisotopic (exact) mass is 603 g/mol. The molecule has 3 aromatic carbocycles. The van der Waals surface area contributed by atoms with Crippen LogP contribution in [0.3, 0.4) is 0 Å². The summed E-state index contributed by atoms with van der Waals surface area (Å²) in [6.45, 7) is 5.47. The minimum absolute atomic E-state index is 0.00903. The van der Waals surface area contributed by atoms with E-state index in [9.17, 15) is 18.0 Å². The van der Waals surface area contributed by atoms with Crippen molar-refractivity contribution in [2.75, 3.05) is 23.7 Å². The van der Waals surface area contributed by atoms with Crippen LogP contribution in [0.15, 0.2) is 72.8 Å². The normalized spacial score (nSPS) is 12.2. The standard InChI is InChI=1S/C30H35Cl2N3O4S/c1-5-33-30(37)28(18-22-12-7-6-8-13-22)34(19-24-25(31)15-11-16-26(24)32)29(36)20-35(40(4,38)39)27-17-10-9-14-23(27)21(2)3/h6-17,21,28H,5,18-20H2,1-4H3,(H,33,37). The van der Waals surface area contributed by atoms with Crippen molar-refractivity contribution in [1.29, 1.82) is 0 Å². The molecule has 0 aromatic heterocycles. The average molecular weight is 605 g/mol. The molecule has 0 spiro atoms. The lowest BCUT2D eigenvalue weighted by Gasteiger charge is -2.34. The highest BCUT2D eigenvalue weighted by Gasteiger charge is 2.34. The van der Waals surface area contributed by atoms with Crippen LogP contribution in [-0.4, -0.2) is 50.5 Å². The number of carbonyl (C=O) groups is 2. The molecule has 214 valence electrons. The van der Waals surface area contributed by atoms with Crippen molar-refractivity contribution in [1.82, 2.24) is 10.2 Å². The molecule has 1 atom stereocenters. The molecule has 3 aromatic rings. The van der Waals surface area contributed by atoms with Crippen LogP contribution in [0.25, 0.3) is 0 Å². The van der Waals surface area contributed by atoms with Gasteiger partial charge in [0.25, 0.3) is 0 Å². The second-order valence-electron chi connectivity index (χ2n) is 9.81. The Hall–Kier alpha value is -3.07. The van der Waals surface area contributed by atoms with Gasteiger partial charge in [-0.2, -0.15) is 0 Å². The second-order valence-corrected chi connectivity index (χ2v) is 12.5. The molecule has 0 bridgehead atoms. The van der Waals surface area contributed by atoms with Crippen LogP contribution in [0.2, 0.25) is 10.0 Å². The number of benzene rings is 3. The number of para-hydroxylation sites is 1. The van der Waals surface area contributed by atoms with Gasteiger partial charge >= 0.3 is 0 Å². The molecule has 0 aliphatic heterocycles. The summed E-state index contributed by atoms with van der Waals surface area (Å²) in [6.07, 6.45) is 1.28. The first-order chi connectivity index (χ1) is 18.9. The first kappa shape index (κ1) is 31.5. The van der Waals surface area contributed by atoms with E-state index in [1.54, 1.807) is 37.3 Å². The van der Waals surface area contributed by atoms with Gasteiger partial charge in [0, 0.05) is 35.1 Å². The average Bonchev–Trinajstić information content (AvgIpc) is 2.90. The zero-order valence-corrected chi connectivity index (χ0v) is 25.4. The molecule has 0 saturated heterocycles. The van der Waals surface area contributed by atoms with Gasteiger partial charge in [-0.15, -0.1) is 0 Å². The van der Waals surface area contributed by atoms with Crippen LogP contribution < -0.4 is 9.62 Å². The highest BCUT2D eigenvalue weighted by atomic mass is 35.5. The van der Waals surface area contributed by atoms with Gasteiger partial charge in [-0.05, 0) is 42.2 Å². The summed E-state index contributed by atoms with van der Waals surface area (Å²) in [5.41, 5.74) is 2.51. The maximum absolute atomic E-state index is 14.2. The number of hydrogen-bond donors (Lipinski definition) is 1. The summed E-state index contributed by atoms with van der Waals surface area (Å²) >= 11 is 13.0. The van der Waals surface area contributed by atoms with E-state index in [-0.39, 0.29) is 24.8 Å². The molecule has 0 aliphatic rings. The molecule has 2 amide bonds. The fourth-order valence-corrected chi connectivity index (χ4v) is 5.88. The van der Waals surface area contributed by atoms with Crippen LogP contribution in [0.4, 0.5) is 5.69 Å². The topological polar surface area (TPSA) is 86.8 Å². The summed E-state index contributed by atoms with van der Waals surface area (Å²) < 4.78 is 27.2. The minimum Gasteiger partial charge on any atom is -0.355 e. The highest BCUT2D eigenvalue weighted by molar-refractivity contribution is 7.92. The van der Waals surface area contributed by atoms with Gasteiger partial charge in [-0.25, -0.2) is 8.42 Å². The molecule has 10 heteroatoms. The lowest BCUT2D eigenvalue weighted by Crippen LogP contribution is -2.53. The van der Waals surface area contributed by atoms with E-state index in [4.69, 9.17) is 23.2 Å². The predicted molar refractivity (Wildman–Crippen MR) is 162 cm³/mol. The Morgan fingerprint density at radius 3 is 2.08 bits per heavy atom. The zero-order valence-electron chi connectivity index (χ0n) is 23.1. The number of hydrogen-bond acceptors (Lipinski definition) is 4. The van der Waals surface area contributed by atoms with Crippen LogP contribution in [0, 0.1) is 0 Å². The van der Waals surface area contributed by atoms with E-state index >= 15 is 0 Å². The Labute approximate surface area is 247 Å². The number of nitrogens with one attached hydrogen (secondary N) is 1. The second kappa shape index (κ2) is 14.0. The SMILES string of the molecule is CCNC(=O)C(Cc1ccccc1)N(Cc1c(Cl)cccc1Cl)C(=O)CN(c1ccccc1C(C)C)S(C)(=O)=O. The Balaban J connectivity index is 2.12. The first-order valence-electron chi connectivity index (χ1n) is 13.0. The molecule has 0 saturated carbocycles. The van der Waals surface area contributed by atoms with Gasteiger partial charge in [0.05, 0.1) is 11.9 Å². The smallest absolute Gasteiger partial charge is 0.244 e. The van der Waals surface area contributed by atoms with Crippen LogP contribution in [0.5, 0.6) is 0 Å². The minimum atomic E-state index is -3.87. The third kappa shape index (κ3) is 7.99. The summed E-state index contributed by atoms with van der Waals surface area (Å²) in [7, 11) is -3.87. The van der Waals surface area contributed by atoms with Crippen molar-refractivity contribution in [3.63, 3.8) is 0 Å². The molecule has 0 heterocycles. The Morgan fingerprint density at radius 2 is 1.50 bits per heavy atom. The van der Waals surface area contributed by atoms with Crippen molar-refractivity contribution in [2.45, 2.75) is 45.7 Å². The number of amides is 2. The number of anilines is 1. The Bertz CT molecular complexity index is 1410. The molecule has 0 aliphatic carbocycles. The maximum Gasteiger partial charge on any atom is 0.244 e. The van der Waals surface area contributed by atoms with E-state index in [1.165, 1.54) is 4.90 Å². The quantitative estimate of drug-likeness (QED) is 0.289. The fraction of sp³-hybridized carbons (Fsp3) is 0.333. The number of halogens is 2. The van der Waals surface area contributed by atoms with Crippen molar-refractivity contribution in [3.05, 3.63) is 99.5 Å². The summed E-state index contributed by atoms with van der Waals surface area (Å²) in [5, 5.41) is 3.50. The number of carbonyl (C=O) groups excluding carboxylic acids is 2. The third-order valence-corrected chi connectivity index (χ3v) is 8.35. The Kier molecular flexibility index (Phi) is 11.0. The van der Waals surface area contributed by atoms with E-state index < -0.39 is 28.5 Å². The summed E-state index contributed by atoms with van der Waals surface area (Å²) in [5.74, 6) is -0.918. The molecular weight excluding hydrogens is 569 g/mol. The van der Waals surface area contributed by atoms with Gasteiger partial charge in [0.1, 0.15) is 12.6 Å². The Morgan fingerprint density at radius 1 is 0.900 bits per heavy atom. The molecule has 3 rings (SSSR count). The molecule has 1 N–H and O–H groups in total. The first-order valence-corrected chi connectivity index (χ1v) is 15.6. The third-order valence-electron chi connectivity index (χ3n) is 6.52. The van der Waals surface area contributed by atoms with Crippen molar-refractivity contribution < 1.29 is 18.0 Å². The maximum atomic E-state index is 14.2. The van der Waals surface area contributed by atoms with Crippen LogP contribution >= 0.6 is 23.2 Å².